The summed E-state index contributed by atoms with van der Waals surface area (Å²) < 4.78 is 33.7. The topological polar surface area (TPSA) is 332 Å². The minimum Gasteiger partial charge on any atom is -0.451 e. The van der Waals surface area contributed by atoms with Gasteiger partial charge in [0.05, 0.1) is 0 Å². The van der Waals surface area contributed by atoms with Gasteiger partial charge in [0.1, 0.15) is 36.3 Å². The third-order valence-electron chi connectivity index (χ3n) is 13.2. The van der Waals surface area contributed by atoms with E-state index in [-0.39, 0.29) is 0 Å². The molecule has 450 valence electrons. The zero-order valence-electron chi connectivity index (χ0n) is 50.2. The van der Waals surface area contributed by atoms with Gasteiger partial charge in [-0.05, 0) is 74.5 Å². The van der Waals surface area contributed by atoms with E-state index in [4.69, 9.17) is 28.4 Å². The fraction of sp³-hybridized carbons (Fsp3) is 0.782. The first-order valence-corrected chi connectivity index (χ1v) is 27.4. The van der Waals surface area contributed by atoms with Crippen LogP contribution in [-0.4, -0.2) is 144 Å². The molecule has 0 bridgehead atoms. The average molecular weight is 1130 g/mol. The Hall–Kier alpha value is -6.36. The number of esters is 6. The van der Waals surface area contributed by atoms with Crippen LogP contribution in [0.3, 0.4) is 0 Å². The molecule has 6 N–H and O–H groups in total. The number of amides is 6. The van der Waals surface area contributed by atoms with E-state index in [1.807, 2.05) is 0 Å². The van der Waals surface area contributed by atoms with Crippen molar-refractivity contribution < 1.29 is 86.0 Å². The third kappa shape index (κ3) is 21.3. The number of rotatable bonds is 10. The summed E-state index contributed by atoms with van der Waals surface area (Å²) >= 11 is 0. The molecule has 0 saturated carbocycles. The van der Waals surface area contributed by atoms with E-state index >= 15 is 0 Å². The van der Waals surface area contributed by atoms with Crippen molar-refractivity contribution in [2.45, 2.75) is 225 Å². The lowest BCUT2D eigenvalue weighted by molar-refractivity contribution is -0.167. The van der Waals surface area contributed by atoms with Crippen molar-refractivity contribution in [3.8, 4) is 0 Å². The van der Waals surface area contributed by atoms with E-state index in [0.29, 0.717) is 6.42 Å². The van der Waals surface area contributed by atoms with Gasteiger partial charge in [-0.1, -0.05) is 125 Å². The number of nitrogens with one attached hydrogen (secondary N) is 6. The second-order valence-corrected chi connectivity index (χ2v) is 23.1. The molecule has 0 aromatic rings. The number of hydrogen-bond donors (Lipinski definition) is 6. The molecule has 1 fully saturated rings. The molecule has 0 radical (unpaired) electrons. The molecule has 24 heteroatoms. The Labute approximate surface area is 465 Å². The summed E-state index contributed by atoms with van der Waals surface area (Å²) in [6.07, 6.45) is -8.93. The molecule has 1 aliphatic heterocycles. The predicted octanol–water partition coefficient (Wildman–Crippen LogP) is 2.73. The maximum Gasteiger partial charge on any atom is 0.329 e. The van der Waals surface area contributed by atoms with Gasteiger partial charge in [-0.2, -0.15) is 0 Å². The Morgan fingerprint density at radius 1 is 0.278 bits per heavy atom. The summed E-state index contributed by atoms with van der Waals surface area (Å²) in [5, 5.41) is 15.2. The van der Waals surface area contributed by atoms with Crippen LogP contribution in [0.15, 0.2) is 0 Å². The SMILES string of the molecule is CCC(C)[C@H]1OC(=O)[C@H](C(C)C)NC(=O)[C@H](C)OC(=O)[C@@H](C(C)C)NC(=O)[C@@H](C(C)C)OC(=O)[C@H](C(C)C)NC(=O)[C@H](C)OC(=O)[C@@H](C(C)C)NC(=O)[C@@H](C(C)C)OC(=O)[C@H](C(C)C)NC(=O)[C@H](C)OC(=O)[C@@H](C(C)C)NC1=O. The Bertz CT molecular complexity index is 2140. The van der Waals surface area contributed by atoms with Crippen molar-refractivity contribution in [1.82, 2.24) is 31.9 Å². The maximum atomic E-state index is 14.0. The predicted molar refractivity (Wildman–Crippen MR) is 286 cm³/mol. The summed E-state index contributed by atoms with van der Waals surface area (Å²) in [4.78, 5) is 165. The number of ether oxygens (including phenoxy) is 6. The van der Waals surface area contributed by atoms with Crippen molar-refractivity contribution in [1.29, 1.82) is 0 Å². The third-order valence-corrected chi connectivity index (χ3v) is 13.2. The van der Waals surface area contributed by atoms with E-state index < -0.39 is 197 Å². The molecule has 0 aliphatic carbocycles. The maximum absolute atomic E-state index is 14.0. The normalized spacial score (nSPS) is 29.0. The van der Waals surface area contributed by atoms with E-state index in [1.165, 1.54) is 20.8 Å². The summed E-state index contributed by atoms with van der Waals surface area (Å²) in [6.45, 7) is 32.4. The van der Waals surface area contributed by atoms with Gasteiger partial charge in [-0.25, -0.2) is 28.8 Å². The molecule has 24 nitrogen and oxygen atoms in total. The highest BCUT2D eigenvalue weighted by molar-refractivity contribution is 5.96. The first kappa shape index (κ1) is 70.7. The van der Waals surface area contributed by atoms with Crippen LogP contribution in [0.25, 0.3) is 0 Å². The molecule has 1 rings (SSSR count). The van der Waals surface area contributed by atoms with Gasteiger partial charge in [0.25, 0.3) is 35.4 Å². The summed E-state index contributed by atoms with van der Waals surface area (Å²) in [5.74, 6) is -17.7. The lowest BCUT2D eigenvalue weighted by Gasteiger charge is -2.30. The molecule has 0 spiro atoms. The Balaban J connectivity index is 3.90. The first-order chi connectivity index (χ1) is 36.4. The Morgan fingerprint density at radius 2 is 0.456 bits per heavy atom. The highest BCUT2D eigenvalue weighted by Crippen LogP contribution is 2.20. The van der Waals surface area contributed by atoms with Gasteiger partial charge in [-0.3, -0.25) is 28.8 Å². The molecular formula is C55H92N6O18. The zero-order valence-corrected chi connectivity index (χ0v) is 50.2. The summed E-state index contributed by atoms with van der Waals surface area (Å²) in [7, 11) is 0. The quantitative estimate of drug-likeness (QED) is 0.135. The van der Waals surface area contributed by atoms with Crippen molar-refractivity contribution in [2.75, 3.05) is 0 Å². The van der Waals surface area contributed by atoms with E-state index in [1.54, 1.807) is 125 Å². The molecule has 1 aliphatic rings. The molecule has 0 aromatic carbocycles. The van der Waals surface area contributed by atoms with Crippen molar-refractivity contribution >= 4 is 71.3 Å². The lowest BCUT2D eigenvalue weighted by Crippen LogP contribution is -2.56. The van der Waals surface area contributed by atoms with E-state index in [9.17, 15) is 57.5 Å². The van der Waals surface area contributed by atoms with Gasteiger partial charge >= 0.3 is 35.8 Å². The van der Waals surface area contributed by atoms with Crippen LogP contribution in [-0.2, 0) is 86.0 Å². The minimum atomic E-state index is -1.56. The van der Waals surface area contributed by atoms with Crippen LogP contribution in [0, 0.1) is 53.3 Å². The molecule has 6 amide bonds. The monoisotopic (exact) mass is 1120 g/mol. The minimum absolute atomic E-state index is 0.310. The second-order valence-electron chi connectivity index (χ2n) is 23.1. The van der Waals surface area contributed by atoms with Crippen LogP contribution in [0.1, 0.15) is 152 Å². The van der Waals surface area contributed by atoms with Gasteiger partial charge in [0, 0.05) is 5.92 Å². The molecule has 1 heterocycles. The molecule has 1 unspecified atom stereocenters. The highest BCUT2D eigenvalue weighted by Gasteiger charge is 2.42. The number of carbonyl (C=O) groups excluding carboxylic acids is 12. The number of carbonyl (C=O) groups is 12. The largest absolute Gasteiger partial charge is 0.451 e. The average Bonchev–Trinajstić information content (AvgIpc) is 3.34. The first-order valence-electron chi connectivity index (χ1n) is 27.4. The van der Waals surface area contributed by atoms with Crippen LogP contribution in [0.4, 0.5) is 0 Å². The van der Waals surface area contributed by atoms with Crippen LogP contribution in [0.5, 0.6) is 0 Å². The van der Waals surface area contributed by atoms with Crippen molar-refractivity contribution in [3.63, 3.8) is 0 Å². The molecule has 79 heavy (non-hydrogen) atoms. The van der Waals surface area contributed by atoms with Gasteiger partial charge in [0.15, 0.2) is 36.6 Å². The standard InChI is InChI=1S/C55H92N6O18/c1-22-31(18)43-49(67)61-37(25(6)7)52(70)76-33(20)45(63)57-39(27(10)11)54(72)78-41(29(14)15)47(65)59-35(23(2)3)50(68)74-32(19)44(62)56-38(26(8)9)53(71)77-42(30(16)17)48(66)60-36(24(4)5)51(69)75-34(21)46(64)58-40(28(12)13)55(73)79-43/h23-43H,22H2,1-21H3,(H,56,62)(H,57,63)(H,58,64)(H,59,65)(H,60,66)(H,61,67)/t31?,32-,33-,34-,35+,36+,37+,38-,39-,40-,41+,42+,43+/m0/s1. The lowest BCUT2D eigenvalue weighted by atomic mass is 9.98. The van der Waals surface area contributed by atoms with Gasteiger partial charge in [0.2, 0.25) is 0 Å². The molecule has 1 saturated heterocycles. The van der Waals surface area contributed by atoms with Crippen LogP contribution >= 0.6 is 0 Å². The van der Waals surface area contributed by atoms with Crippen LogP contribution < -0.4 is 31.9 Å². The molecule has 0 aromatic heterocycles. The van der Waals surface area contributed by atoms with Crippen LogP contribution in [0.2, 0.25) is 0 Å². The molecular weight excluding hydrogens is 1030 g/mol. The van der Waals surface area contributed by atoms with Gasteiger partial charge < -0.3 is 60.3 Å². The summed E-state index contributed by atoms with van der Waals surface area (Å²) in [6, 6.07) is -8.38. The Morgan fingerprint density at radius 3 is 0.646 bits per heavy atom. The fourth-order valence-electron chi connectivity index (χ4n) is 7.63. The van der Waals surface area contributed by atoms with Crippen molar-refractivity contribution in [3.05, 3.63) is 0 Å². The fourth-order valence-corrected chi connectivity index (χ4v) is 7.63. The smallest absolute Gasteiger partial charge is 0.329 e. The second kappa shape index (κ2) is 32.0. The zero-order chi connectivity index (χ0) is 61.2. The highest BCUT2D eigenvalue weighted by atomic mass is 16.6. The van der Waals surface area contributed by atoms with E-state index in [0.717, 1.165) is 0 Å². The molecule has 13 atom stereocenters. The number of hydrogen-bond acceptors (Lipinski definition) is 18. The number of cyclic esters (lactones) is 6. The summed E-state index contributed by atoms with van der Waals surface area (Å²) in [5.41, 5.74) is 0. The van der Waals surface area contributed by atoms with Gasteiger partial charge in [-0.15, -0.1) is 0 Å². The van der Waals surface area contributed by atoms with E-state index in [2.05, 4.69) is 31.9 Å². The van der Waals surface area contributed by atoms with Crippen molar-refractivity contribution in [2.24, 2.45) is 53.3 Å². The Kier molecular flexibility index (Phi) is 28.6.